The first-order valence-electron chi connectivity index (χ1n) is 9.48. The highest BCUT2D eigenvalue weighted by atomic mass is 19.4. The number of aliphatic carboxylic acids is 1. The van der Waals surface area contributed by atoms with Crippen LogP contribution in [0.25, 0.3) is 0 Å². The first-order valence-corrected chi connectivity index (χ1v) is 9.48. The molecular formula is C19H20F4N4O5. The second kappa shape index (κ2) is 8.82. The van der Waals surface area contributed by atoms with Gasteiger partial charge in [0.15, 0.2) is 5.82 Å². The van der Waals surface area contributed by atoms with Crippen LogP contribution in [0.15, 0.2) is 33.9 Å². The van der Waals surface area contributed by atoms with Crippen molar-refractivity contribution in [1.82, 2.24) is 19.2 Å². The minimum Gasteiger partial charge on any atom is -0.475 e. The maximum Gasteiger partial charge on any atom is 0.490 e. The lowest BCUT2D eigenvalue weighted by Crippen LogP contribution is -2.52. The van der Waals surface area contributed by atoms with Crippen molar-refractivity contribution in [2.45, 2.75) is 37.9 Å². The van der Waals surface area contributed by atoms with E-state index in [1.54, 1.807) is 12.1 Å². The molecule has 2 aliphatic rings. The number of likely N-dealkylation sites (tertiary alicyclic amines) is 1. The van der Waals surface area contributed by atoms with Gasteiger partial charge < -0.3 is 9.84 Å². The van der Waals surface area contributed by atoms with E-state index in [1.807, 2.05) is 0 Å². The predicted molar refractivity (Wildman–Crippen MR) is 101 cm³/mol. The number of nitrogens with zero attached hydrogens (tertiary/aromatic N) is 4. The van der Waals surface area contributed by atoms with Gasteiger partial charge in [0.2, 0.25) is 0 Å². The minimum absolute atomic E-state index is 0.216. The van der Waals surface area contributed by atoms with Crippen LogP contribution >= 0.6 is 0 Å². The van der Waals surface area contributed by atoms with Gasteiger partial charge in [-0.25, -0.2) is 13.9 Å². The van der Waals surface area contributed by atoms with Crippen LogP contribution in [0.5, 0.6) is 0 Å². The molecule has 1 unspecified atom stereocenters. The molecule has 4 rings (SSSR count). The molecular weight excluding hydrogens is 440 g/mol. The van der Waals surface area contributed by atoms with Crippen molar-refractivity contribution in [3.63, 3.8) is 0 Å². The molecule has 3 heterocycles. The fourth-order valence-electron chi connectivity index (χ4n) is 3.62. The number of hydrogen-bond donors (Lipinski definition) is 1. The highest BCUT2D eigenvalue weighted by Gasteiger charge is 2.43. The van der Waals surface area contributed by atoms with Crippen molar-refractivity contribution >= 4 is 5.97 Å². The van der Waals surface area contributed by atoms with Gasteiger partial charge in [0.25, 0.3) is 0 Å². The smallest absolute Gasteiger partial charge is 0.475 e. The van der Waals surface area contributed by atoms with E-state index in [2.05, 4.69) is 10.00 Å². The molecule has 9 nitrogen and oxygen atoms in total. The Labute approximate surface area is 178 Å². The molecule has 1 saturated heterocycles. The SMILES string of the molecule is Cn1nc2n(c(=O)c1=O)CC1(CCN(Cc3ccc(F)cc3)C1)OC2.O=C(O)C(F)(F)F. The van der Waals surface area contributed by atoms with Crippen molar-refractivity contribution in [2.24, 2.45) is 7.05 Å². The Morgan fingerprint density at radius 1 is 1.19 bits per heavy atom. The molecule has 32 heavy (non-hydrogen) atoms. The Bertz CT molecular complexity index is 1110. The zero-order valence-corrected chi connectivity index (χ0v) is 16.9. The lowest BCUT2D eigenvalue weighted by atomic mass is 10.0. The number of rotatable bonds is 2. The van der Waals surface area contributed by atoms with E-state index in [9.17, 15) is 27.2 Å². The van der Waals surface area contributed by atoms with Crippen molar-refractivity contribution in [2.75, 3.05) is 13.1 Å². The first kappa shape index (κ1) is 23.6. The maximum absolute atomic E-state index is 13.0. The van der Waals surface area contributed by atoms with E-state index in [0.717, 1.165) is 23.2 Å². The van der Waals surface area contributed by atoms with E-state index in [0.29, 0.717) is 25.5 Å². The van der Waals surface area contributed by atoms with Gasteiger partial charge in [0.1, 0.15) is 18.0 Å². The lowest BCUT2D eigenvalue weighted by molar-refractivity contribution is -0.192. The summed E-state index contributed by atoms with van der Waals surface area (Å²) in [6, 6.07) is 6.45. The van der Waals surface area contributed by atoms with Crippen LogP contribution in [-0.2, 0) is 36.3 Å². The van der Waals surface area contributed by atoms with Gasteiger partial charge in [-0.2, -0.15) is 18.3 Å². The molecule has 2 aromatic rings. The summed E-state index contributed by atoms with van der Waals surface area (Å²) in [5.41, 5.74) is -0.623. The molecule has 13 heteroatoms. The van der Waals surface area contributed by atoms with E-state index >= 15 is 0 Å². The Balaban J connectivity index is 0.000000360. The number of alkyl halides is 3. The second-order valence-corrected chi connectivity index (χ2v) is 7.60. The first-order chi connectivity index (χ1) is 14.9. The third-order valence-electron chi connectivity index (χ3n) is 5.21. The van der Waals surface area contributed by atoms with Gasteiger partial charge in [0, 0.05) is 26.7 Å². The van der Waals surface area contributed by atoms with E-state index in [1.165, 1.54) is 23.7 Å². The molecule has 1 spiro atoms. The van der Waals surface area contributed by atoms with Crippen molar-refractivity contribution in [1.29, 1.82) is 0 Å². The normalized spacial score (nSPS) is 20.5. The summed E-state index contributed by atoms with van der Waals surface area (Å²) in [7, 11) is 1.47. The third-order valence-corrected chi connectivity index (χ3v) is 5.21. The van der Waals surface area contributed by atoms with E-state index in [-0.39, 0.29) is 12.4 Å². The number of aryl methyl sites for hydroxylation is 1. The van der Waals surface area contributed by atoms with Crippen molar-refractivity contribution in [3.05, 3.63) is 62.2 Å². The lowest BCUT2D eigenvalue weighted by Gasteiger charge is -2.35. The molecule has 1 atom stereocenters. The number of benzene rings is 1. The van der Waals surface area contributed by atoms with Crippen LogP contribution in [0, 0.1) is 5.82 Å². The maximum atomic E-state index is 13.0. The number of fused-ring (bicyclic) bond motifs is 1. The minimum atomic E-state index is -5.08. The Hall–Kier alpha value is -3.06. The van der Waals surface area contributed by atoms with Crippen LogP contribution in [0.1, 0.15) is 17.8 Å². The summed E-state index contributed by atoms with van der Waals surface area (Å²) in [4.78, 5) is 35.2. The molecule has 0 radical (unpaired) electrons. The number of hydrogen-bond acceptors (Lipinski definition) is 6. The average Bonchev–Trinajstić information content (AvgIpc) is 3.10. The van der Waals surface area contributed by atoms with E-state index < -0.39 is 28.9 Å². The largest absolute Gasteiger partial charge is 0.490 e. The Kier molecular flexibility index (Phi) is 6.51. The zero-order chi connectivity index (χ0) is 23.7. The van der Waals surface area contributed by atoms with Crippen LogP contribution in [0.3, 0.4) is 0 Å². The highest BCUT2D eigenvalue weighted by Crippen LogP contribution is 2.31. The van der Waals surface area contributed by atoms with Gasteiger partial charge in [-0.05, 0) is 24.1 Å². The van der Waals surface area contributed by atoms with Crippen LogP contribution in [0.4, 0.5) is 17.6 Å². The number of carboxylic acid groups (broad SMARTS) is 1. The number of carbonyl (C=O) groups is 1. The predicted octanol–water partition coefficient (Wildman–Crippen LogP) is 0.889. The molecule has 0 amide bonds. The molecule has 1 N–H and O–H groups in total. The molecule has 0 aliphatic carbocycles. The standard InChI is InChI=1S/C17H19FN4O3.C2HF3O2/c1-20-15(23)16(24)22-11-17(25-9-14(22)19-20)6-7-21(10-17)8-12-2-4-13(18)5-3-12;3-2(4,5)1(6)7/h2-5H,6-11H2,1H3;(H,6,7). The average molecular weight is 460 g/mol. The summed E-state index contributed by atoms with van der Waals surface area (Å²) < 4.78 is 53.3. The molecule has 0 bridgehead atoms. The fourth-order valence-corrected chi connectivity index (χ4v) is 3.62. The number of halogens is 4. The Morgan fingerprint density at radius 3 is 2.41 bits per heavy atom. The zero-order valence-electron chi connectivity index (χ0n) is 16.9. The van der Waals surface area contributed by atoms with Crippen molar-refractivity contribution in [3.8, 4) is 0 Å². The summed E-state index contributed by atoms with van der Waals surface area (Å²) in [6.07, 6.45) is -4.31. The number of carboxylic acids is 1. The molecule has 1 fully saturated rings. The third kappa shape index (κ3) is 5.22. The topological polar surface area (TPSA) is 107 Å². The Morgan fingerprint density at radius 2 is 1.81 bits per heavy atom. The molecule has 174 valence electrons. The quantitative estimate of drug-likeness (QED) is 0.524. The monoisotopic (exact) mass is 460 g/mol. The highest BCUT2D eigenvalue weighted by molar-refractivity contribution is 5.73. The van der Waals surface area contributed by atoms with Gasteiger partial charge in [-0.1, -0.05) is 12.1 Å². The van der Waals surface area contributed by atoms with Gasteiger partial charge >= 0.3 is 23.3 Å². The van der Waals surface area contributed by atoms with Gasteiger partial charge in [-0.3, -0.25) is 19.1 Å². The van der Waals surface area contributed by atoms with Crippen LogP contribution < -0.4 is 11.1 Å². The summed E-state index contributed by atoms with van der Waals surface area (Å²) in [5, 5.41) is 11.2. The van der Waals surface area contributed by atoms with Gasteiger partial charge in [-0.15, -0.1) is 0 Å². The molecule has 2 aliphatic heterocycles. The summed E-state index contributed by atoms with van der Waals surface area (Å²) in [6.45, 7) is 2.73. The van der Waals surface area contributed by atoms with Crippen LogP contribution in [-0.4, -0.2) is 55.2 Å². The fraction of sp³-hybridized carbons (Fsp3) is 0.474. The van der Waals surface area contributed by atoms with Gasteiger partial charge in [0.05, 0.1) is 6.54 Å². The number of ether oxygens (including phenoxy) is 1. The van der Waals surface area contributed by atoms with E-state index in [4.69, 9.17) is 14.6 Å². The summed E-state index contributed by atoms with van der Waals surface area (Å²) in [5.74, 6) is -2.52. The van der Waals surface area contributed by atoms with Crippen molar-refractivity contribution < 1.29 is 32.2 Å². The van der Waals surface area contributed by atoms with Crippen LogP contribution in [0.2, 0.25) is 0 Å². The second-order valence-electron chi connectivity index (χ2n) is 7.60. The molecule has 1 aromatic heterocycles. The molecule has 0 saturated carbocycles. The molecule has 1 aromatic carbocycles. The number of aromatic nitrogens is 3. The summed E-state index contributed by atoms with van der Waals surface area (Å²) >= 11 is 0.